The van der Waals surface area contributed by atoms with Crippen molar-refractivity contribution in [2.45, 2.75) is 25.9 Å². The Morgan fingerprint density at radius 1 is 1.16 bits per heavy atom. The number of tetrazole rings is 1. The van der Waals surface area contributed by atoms with Crippen LogP contribution in [0.5, 0.6) is 0 Å². The van der Waals surface area contributed by atoms with Gasteiger partial charge < -0.3 is 4.90 Å². The van der Waals surface area contributed by atoms with Crippen molar-refractivity contribution in [3.63, 3.8) is 0 Å². The van der Waals surface area contributed by atoms with Crippen LogP contribution in [0.1, 0.15) is 30.1 Å². The fourth-order valence-electron chi connectivity index (χ4n) is 4.02. The van der Waals surface area contributed by atoms with Gasteiger partial charge in [-0.15, -0.1) is 16.4 Å². The first-order valence-electron chi connectivity index (χ1n) is 10.2. The first-order chi connectivity index (χ1) is 15.1. The molecule has 1 saturated heterocycles. The van der Waals surface area contributed by atoms with Crippen LogP contribution in [0.25, 0.3) is 10.2 Å². The van der Waals surface area contributed by atoms with Crippen molar-refractivity contribution in [3.8, 4) is 0 Å². The fraction of sp³-hybridized carbons (Fsp3) is 0.400. The van der Waals surface area contributed by atoms with Gasteiger partial charge in [0.25, 0.3) is 0 Å². The maximum absolute atomic E-state index is 14.0. The number of rotatable bonds is 6. The van der Waals surface area contributed by atoms with Crippen LogP contribution in [0.4, 0.5) is 13.9 Å². The van der Waals surface area contributed by atoms with Crippen molar-refractivity contribution in [1.82, 2.24) is 30.1 Å². The lowest BCUT2D eigenvalue weighted by Crippen LogP contribution is -2.48. The Labute approximate surface area is 185 Å². The summed E-state index contributed by atoms with van der Waals surface area (Å²) in [5.74, 6) is -0.308. The number of aromatic nitrogens is 5. The lowest BCUT2D eigenvalue weighted by atomic mass is 10.1. The molecule has 0 amide bonds. The molecule has 4 aromatic rings. The van der Waals surface area contributed by atoms with Crippen molar-refractivity contribution >= 4 is 38.0 Å². The van der Waals surface area contributed by atoms with Gasteiger partial charge in [-0.2, -0.15) is 0 Å². The molecule has 7 nitrogen and oxygen atoms in total. The zero-order chi connectivity index (χ0) is 21.4. The number of hydrogen-bond acceptors (Lipinski definition) is 8. The van der Waals surface area contributed by atoms with Gasteiger partial charge in [0.2, 0.25) is 0 Å². The molecule has 4 heterocycles. The van der Waals surface area contributed by atoms with Gasteiger partial charge in [-0.1, -0.05) is 24.3 Å². The molecule has 162 valence electrons. The number of thiazole rings is 1. The molecular weight excluding hydrogens is 440 g/mol. The number of anilines is 1. The summed E-state index contributed by atoms with van der Waals surface area (Å²) in [6.45, 7) is 5.96. The Kier molecular flexibility index (Phi) is 5.63. The summed E-state index contributed by atoms with van der Waals surface area (Å²) in [6, 6.07) is 6.47. The summed E-state index contributed by atoms with van der Waals surface area (Å²) >= 11 is 3.02. The summed E-state index contributed by atoms with van der Waals surface area (Å²) in [4.78, 5) is 10.2. The minimum Gasteiger partial charge on any atom is -0.345 e. The molecule has 0 radical (unpaired) electrons. The average molecular weight is 462 g/mol. The zero-order valence-corrected chi connectivity index (χ0v) is 18.5. The van der Waals surface area contributed by atoms with Gasteiger partial charge in [0.05, 0.1) is 17.3 Å². The Morgan fingerprint density at radius 3 is 2.74 bits per heavy atom. The molecular formula is C20H21F2N7S2. The highest BCUT2D eigenvalue weighted by Gasteiger charge is 2.29. The molecule has 5 rings (SSSR count). The van der Waals surface area contributed by atoms with Gasteiger partial charge in [0.15, 0.2) is 16.8 Å². The van der Waals surface area contributed by atoms with E-state index in [0.29, 0.717) is 11.2 Å². The van der Waals surface area contributed by atoms with Crippen LogP contribution >= 0.6 is 22.7 Å². The number of nitrogens with zero attached hydrogens (tertiary/aromatic N) is 7. The van der Waals surface area contributed by atoms with Crippen molar-refractivity contribution in [1.29, 1.82) is 0 Å². The second-order valence-electron chi connectivity index (χ2n) is 7.45. The predicted molar refractivity (Wildman–Crippen MR) is 118 cm³/mol. The summed E-state index contributed by atoms with van der Waals surface area (Å²) in [5, 5.41) is 15.2. The predicted octanol–water partition coefficient (Wildman–Crippen LogP) is 3.94. The lowest BCUT2D eigenvalue weighted by molar-refractivity contribution is 0.169. The number of benzene rings is 1. The van der Waals surface area contributed by atoms with Crippen molar-refractivity contribution in [2.75, 3.05) is 31.1 Å². The van der Waals surface area contributed by atoms with E-state index in [-0.39, 0.29) is 11.6 Å². The largest absolute Gasteiger partial charge is 0.345 e. The van der Waals surface area contributed by atoms with E-state index in [1.807, 2.05) is 10.7 Å². The molecule has 0 N–H and O–H groups in total. The molecule has 1 atom stereocenters. The van der Waals surface area contributed by atoms with Gasteiger partial charge in [-0.25, -0.2) is 18.4 Å². The van der Waals surface area contributed by atoms with E-state index in [0.717, 1.165) is 49.6 Å². The fourth-order valence-corrected chi connectivity index (χ4v) is 5.77. The minimum atomic E-state index is -0.611. The summed E-state index contributed by atoms with van der Waals surface area (Å²) in [5.41, 5.74) is 0.239. The van der Waals surface area contributed by atoms with E-state index in [9.17, 15) is 8.78 Å². The molecule has 11 heteroatoms. The molecule has 0 bridgehead atoms. The molecule has 3 aromatic heterocycles. The number of piperazine rings is 1. The topological polar surface area (TPSA) is 63.0 Å². The van der Waals surface area contributed by atoms with Crippen LogP contribution in [-0.4, -0.2) is 56.3 Å². The van der Waals surface area contributed by atoms with Gasteiger partial charge in [-0.3, -0.25) is 4.90 Å². The first kappa shape index (κ1) is 20.4. The maximum Gasteiger partial charge on any atom is 0.186 e. The van der Waals surface area contributed by atoms with Gasteiger partial charge in [0.1, 0.15) is 11.3 Å². The first-order valence-corrected chi connectivity index (χ1v) is 11.8. The highest BCUT2D eigenvalue weighted by Crippen LogP contribution is 2.32. The monoisotopic (exact) mass is 461 g/mol. The molecule has 1 aliphatic heterocycles. The highest BCUT2D eigenvalue weighted by molar-refractivity contribution is 7.22. The second kappa shape index (κ2) is 8.56. The number of thiophene rings is 1. The van der Waals surface area contributed by atoms with Crippen molar-refractivity contribution < 1.29 is 8.78 Å². The Morgan fingerprint density at radius 2 is 2.00 bits per heavy atom. The molecule has 0 aliphatic carbocycles. The molecule has 0 saturated carbocycles. The number of halogens is 2. The van der Waals surface area contributed by atoms with Crippen LogP contribution in [0.2, 0.25) is 0 Å². The second-order valence-corrected chi connectivity index (χ2v) is 9.49. The van der Waals surface area contributed by atoms with Crippen LogP contribution in [0, 0.1) is 11.6 Å². The minimum absolute atomic E-state index is 0.124. The van der Waals surface area contributed by atoms with E-state index in [1.165, 1.54) is 22.3 Å². The Bertz CT molecular complexity index is 1170. The van der Waals surface area contributed by atoms with E-state index in [4.69, 9.17) is 0 Å². The molecule has 0 spiro atoms. The van der Waals surface area contributed by atoms with Crippen LogP contribution < -0.4 is 4.90 Å². The molecule has 1 unspecified atom stereocenters. The van der Waals surface area contributed by atoms with Crippen molar-refractivity contribution in [2.24, 2.45) is 0 Å². The van der Waals surface area contributed by atoms with Crippen LogP contribution in [0.3, 0.4) is 0 Å². The van der Waals surface area contributed by atoms with Crippen LogP contribution in [-0.2, 0) is 6.54 Å². The quantitative estimate of drug-likeness (QED) is 0.433. The van der Waals surface area contributed by atoms with E-state index in [1.54, 1.807) is 11.3 Å². The summed E-state index contributed by atoms with van der Waals surface area (Å²) in [6.07, 6.45) is 0.899. The number of fused-ring (bicyclic) bond motifs is 1. The Hall–Kier alpha value is -2.50. The van der Waals surface area contributed by atoms with Gasteiger partial charge >= 0.3 is 0 Å². The highest BCUT2D eigenvalue weighted by atomic mass is 32.1. The van der Waals surface area contributed by atoms with Gasteiger partial charge in [-0.05, 0) is 34.4 Å². The summed E-state index contributed by atoms with van der Waals surface area (Å²) in [7, 11) is 0. The van der Waals surface area contributed by atoms with E-state index in [2.05, 4.69) is 48.7 Å². The SMILES string of the molecule is CCC(c1nnnn1Cc1cccs1)N1CCN(c2nc3c(F)cc(F)cc3s2)CC1. The lowest BCUT2D eigenvalue weighted by Gasteiger charge is -2.38. The number of hydrogen-bond donors (Lipinski definition) is 0. The standard InChI is InChI=1S/C20H21F2N7S2/c1-2-16(19-24-25-26-29(19)12-14-4-3-9-30-14)27-5-7-28(8-6-27)20-23-18-15(22)10-13(21)11-17(18)31-20/h3-4,9-11,16H,2,5-8,12H2,1H3. The van der Waals surface area contributed by atoms with Crippen molar-refractivity contribution in [3.05, 3.63) is 52.0 Å². The zero-order valence-electron chi connectivity index (χ0n) is 16.9. The maximum atomic E-state index is 14.0. The Balaban J connectivity index is 1.30. The molecule has 1 fully saturated rings. The third kappa shape index (κ3) is 4.04. The van der Waals surface area contributed by atoms with Gasteiger partial charge in [0, 0.05) is 37.1 Å². The summed E-state index contributed by atoms with van der Waals surface area (Å²) < 4.78 is 30.0. The molecule has 31 heavy (non-hydrogen) atoms. The van der Waals surface area contributed by atoms with E-state index >= 15 is 0 Å². The third-order valence-corrected chi connectivity index (χ3v) is 7.48. The van der Waals surface area contributed by atoms with Crippen LogP contribution in [0.15, 0.2) is 29.6 Å². The van der Waals surface area contributed by atoms with E-state index < -0.39 is 11.6 Å². The normalized spacial score (nSPS) is 16.3. The smallest absolute Gasteiger partial charge is 0.186 e. The molecule has 1 aromatic carbocycles. The third-order valence-electron chi connectivity index (χ3n) is 5.56. The average Bonchev–Trinajstić information content (AvgIpc) is 3.51. The molecule has 1 aliphatic rings.